The number of hydrogen-bond acceptors (Lipinski definition) is 2. The van der Waals surface area contributed by atoms with Crippen LogP contribution in [0.1, 0.15) is 33.1 Å². The van der Waals surface area contributed by atoms with Gasteiger partial charge in [0.05, 0.1) is 6.54 Å². The number of fused-ring (bicyclic) bond motifs is 1. The molecule has 1 saturated heterocycles. The highest BCUT2D eigenvalue weighted by molar-refractivity contribution is 4.95. The lowest BCUT2D eigenvalue weighted by Crippen LogP contribution is -2.47. The van der Waals surface area contributed by atoms with Gasteiger partial charge in [0.25, 0.3) is 0 Å². The first-order chi connectivity index (χ1) is 8.37. The molecule has 3 unspecified atom stereocenters. The van der Waals surface area contributed by atoms with Crippen LogP contribution in [-0.2, 0) is 0 Å². The molecule has 106 valence electrons. The van der Waals surface area contributed by atoms with Crippen molar-refractivity contribution in [2.45, 2.75) is 51.4 Å². The predicted molar refractivity (Wildman–Crippen MR) is 65.4 cm³/mol. The second-order valence-electron chi connectivity index (χ2n) is 6.01. The molecule has 1 heterocycles. The van der Waals surface area contributed by atoms with Crippen molar-refractivity contribution in [3.63, 3.8) is 0 Å². The van der Waals surface area contributed by atoms with Gasteiger partial charge in [-0.25, -0.2) is 0 Å². The molecule has 1 aliphatic carbocycles. The molecule has 1 N–H and O–H groups in total. The Bertz CT molecular complexity index is 278. The summed E-state index contributed by atoms with van der Waals surface area (Å²) < 4.78 is 37.6. The zero-order valence-electron chi connectivity index (χ0n) is 11.1. The molecule has 0 amide bonds. The molecule has 2 nitrogen and oxygen atoms in total. The monoisotopic (exact) mass is 264 g/mol. The van der Waals surface area contributed by atoms with E-state index in [1.54, 1.807) is 4.90 Å². The standard InChI is InChI=1S/C13H23F3N2/c1-9(2)18(8-13(14,15)16)7-12-11-5-3-4-10(11)6-17-12/h9-12,17H,3-8H2,1-2H3. The van der Waals surface area contributed by atoms with E-state index in [-0.39, 0.29) is 12.1 Å². The molecule has 0 aromatic rings. The van der Waals surface area contributed by atoms with Gasteiger partial charge in [-0.15, -0.1) is 0 Å². The number of nitrogens with zero attached hydrogens (tertiary/aromatic N) is 1. The lowest BCUT2D eigenvalue weighted by Gasteiger charge is -2.32. The highest BCUT2D eigenvalue weighted by Crippen LogP contribution is 2.38. The fourth-order valence-electron chi connectivity index (χ4n) is 3.44. The van der Waals surface area contributed by atoms with Crippen molar-refractivity contribution in [3.05, 3.63) is 0 Å². The highest BCUT2D eigenvalue weighted by Gasteiger charge is 2.41. The van der Waals surface area contributed by atoms with E-state index in [4.69, 9.17) is 0 Å². The zero-order valence-corrected chi connectivity index (χ0v) is 11.1. The van der Waals surface area contributed by atoms with E-state index in [2.05, 4.69) is 5.32 Å². The molecule has 1 saturated carbocycles. The minimum absolute atomic E-state index is 0.0612. The van der Waals surface area contributed by atoms with Crippen LogP contribution in [0.3, 0.4) is 0 Å². The Balaban J connectivity index is 1.92. The molecule has 2 aliphatic rings. The number of hydrogen-bond donors (Lipinski definition) is 1. The van der Waals surface area contributed by atoms with Crippen molar-refractivity contribution < 1.29 is 13.2 Å². The zero-order chi connectivity index (χ0) is 13.3. The summed E-state index contributed by atoms with van der Waals surface area (Å²) in [5.41, 5.74) is 0. The summed E-state index contributed by atoms with van der Waals surface area (Å²) in [5, 5.41) is 3.42. The summed E-state index contributed by atoms with van der Waals surface area (Å²) in [7, 11) is 0. The minimum atomic E-state index is -4.10. The van der Waals surface area contributed by atoms with Gasteiger partial charge in [-0.05, 0) is 45.1 Å². The molecule has 18 heavy (non-hydrogen) atoms. The molecule has 2 rings (SSSR count). The SMILES string of the molecule is CC(C)N(CC1NCC2CCCC21)CC(F)(F)F. The third-order valence-electron chi connectivity index (χ3n) is 4.42. The van der Waals surface area contributed by atoms with E-state index >= 15 is 0 Å². The summed E-state index contributed by atoms with van der Waals surface area (Å²) >= 11 is 0. The Morgan fingerprint density at radius 1 is 1.28 bits per heavy atom. The molecule has 0 radical (unpaired) electrons. The molecular formula is C13H23F3N2. The highest BCUT2D eigenvalue weighted by atomic mass is 19.4. The maximum absolute atomic E-state index is 12.5. The summed E-state index contributed by atoms with van der Waals surface area (Å²) in [5.74, 6) is 1.30. The summed E-state index contributed by atoms with van der Waals surface area (Å²) in [6, 6.07) is 0.191. The van der Waals surface area contributed by atoms with Crippen molar-refractivity contribution in [2.24, 2.45) is 11.8 Å². The van der Waals surface area contributed by atoms with Gasteiger partial charge < -0.3 is 5.32 Å². The average molecular weight is 264 g/mol. The van der Waals surface area contributed by atoms with Gasteiger partial charge >= 0.3 is 6.18 Å². The molecular weight excluding hydrogens is 241 g/mol. The Hall–Kier alpha value is -0.290. The Labute approximate surface area is 107 Å². The van der Waals surface area contributed by atoms with Crippen LogP contribution in [0.15, 0.2) is 0 Å². The fourth-order valence-corrected chi connectivity index (χ4v) is 3.44. The topological polar surface area (TPSA) is 15.3 Å². The second-order valence-corrected chi connectivity index (χ2v) is 6.01. The molecule has 2 fully saturated rings. The van der Waals surface area contributed by atoms with Crippen LogP contribution >= 0.6 is 0 Å². The number of nitrogens with one attached hydrogen (secondary N) is 1. The molecule has 5 heteroatoms. The minimum Gasteiger partial charge on any atom is -0.312 e. The molecule has 0 aromatic heterocycles. The van der Waals surface area contributed by atoms with Crippen LogP contribution < -0.4 is 5.32 Å². The number of alkyl halides is 3. The lowest BCUT2D eigenvalue weighted by atomic mass is 9.93. The molecule has 0 aromatic carbocycles. The van der Waals surface area contributed by atoms with Crippen molar-refractivity contribution >= 4 is 0 Å². The van der Waals surface area contributed by atoms with Crippen LogP contribution in [0, 0.1) is 11.8 Å². The van der Waals surface area contributed by atoms with Gasteiger partial charge in [-0.1, -0.05) is 6.42 Å². The van der Waals surface area contributed by atoms with Gasteiger partial charge in [-0.2, -0.15) is 13.2 Å². The Morgan fingerprint density at radius 3 is 2.61 bits per heavy atom. The maximum Gasteiger partial charge on any atom is 0.401 e. The van der Waals surface area contributed by atoms with Crippen molar-refractivity contribution in [2.75, 3.05) is 19.6 Å². The first-order valence-electron chi connectivity index (χ1n) is 6.91. The van der Waals surface area contributed by atoms with Crippen molar-refractivity contribution in [3.8, 4) is 0 Å². The molecule has 1 aliphatic heterocycles. The van der Waals surface area contributed by atoms with Gasteiger partial charge in [0.1, 0.15) is 0 Å². The van der Waals surface area contributed by atoms with E-state index in [0.29, 0.717) is 18.4 Å². The van der Waals surface area contributed by atoms with Crippen LogP contribution in [-0.4, -0.2) is 42.8 Å². The van der Waals surface area contributed by atoms with Crippen molar-refractivity contribution in [1.29, 1.82) is 0 Å². The normalized spacial score (nSPS) is 32.5. The van der Waals surface area contributed by atoms with Crippen LogP contribution in [0.5, 0.6) is 0 Å². The Kier molecular flexibility index (Phi) is 4.22. The van der Waals surface area contributed by atoms with Crippen LogP contribution in [0.2, 0.25) is 0 Å². The third-order valence-corrected chi connectivity index (χ3v) is 4.42. The Morgan fingerprint density at radius 2 is 2.00 bits per heavy atom. The first kappa shape index (κ1) is 14.1. The van der Waals surface area contributed by atoms with E-state index in [9.17, 15) is 13.2 Å². The molecule has 0 bridgehead atoms. The van der Waals surface area contributed by atoms with E-state index in [1.807, 2.05) is 13.8 Å². The van der Waals surface area contributed by atoms with E-state index in [1.165, 1.54) is 19.3 Å². The number of halogens is 3. The van der Waals surface area contributed by atoms with Gasteiger partial charge in [-0.3, -0.25) is 4.90 Å². The van der Waals surface area contributed by atoms with E-state index < -0.39 is 12.7 Å². The smallest absolute Gasteiger partial charge is 0.312 e. The van der Waals surface area contributed by atoms with Gasteiger partial charge in [0, 0.05) is 18.6 Å². The summed E-state index contributed by atoms with van der Waals surface area (Å²) in [6.07, 6.45) is -0.429. The quantitative estimate of drug-likeness (QED) is 0.839. The molecule has 3 atom stereocenters. The van der Waals surface area contributed by atoms with E-state index in [0.717, 1.165) is 6.54 Å². The van der Waals surface area contributed by atoms with Crippen LogP contribution in [0.25, 0.3) is 0 Å². The summed E-state index contributed by atoms with van der Waals surface area (Å²) in [6.45, 7) is 4.41. The largest absolute Gasteiger partial charge is 0.401 e. The van der Waals surface area contributed by atoms with Crippen LogP contribution in [0.4, 0.5) is 13.2 Å². The fraction of sp³-hybridized carbons (Fsp3) is 1.00. The summed E-state index contributed by atoms with van der Waals surface area (Å²) in [4.78, 5) is 1.55. The average Bonchev–Trinajstić information content (AvgIpc) is 2.79. The second kappa shape index (κ2) is 5.37. The third kappa shape index (κ3) is 3.38. The first-order valence-corrected chi connectivity index (χ1v) is 6.91. The number of rotatable bonds is 4. The van der Waals surface area contributed by atoms with Crippen molar-refractivity contribution in [1.82, 2.24) is 10.2 Å². The lowest BCUT2D eigenvalue weighted by molar-refractivity contribution is -0.150. The van der Waals surface area contributed by atoms with Gasteiger partial charge in [0.15, 0.2) is 0 Å². The molecule has 0 spiro atoms. The predicted octanol–water partition coefficient (Wildman–Crippen LogP) is 2.65. The maximum atomic E-state index is 12.5. The van der Waals surface area contributed by atoms with Gasteiger partial charge in [0.2, 0.25) is 0 Å².